The van der Waals surface area contributed by atoms with Crippen LogP contribution in [-0.4, -0.2) is 60.0 Å². The summed E-state index contributed by atoms with van der Waals surface area (Å²) < 4.78 is 31.6. The number of amides is 1. The Bertz CT molecular complexity index is 659. The molecular formula is C14H23N5O5S. The molecule has 1 saturated heterocycles. The lowest BCUT2D eigenvalue weighted by atomic mass is 10.2. The van der Waals surface area contributed by atoms with Gasteiger partial charge < -0.3 is 16.4 Å². The summed E-state index contributed by atoms with van der Waals surface area (Å²) in [6, 6.07) is 10.5. The Hall–Kier alpha value is -2.21. The second-order valence-corrected chi connectivity index (χ2v) is 6.38. The minimum Gasteiger partial charge on any atom is -0.370 e. The van der Waals surface area contributed by atoms with Gasteiger partial charge in [-0.25, -0.2) is 0 Å². The molecule has 2 rings (SSSR count). The molecule has 10 nitrogen and oxygen atoms in total. The summed E-state index contributed by atoms with van der Waals surface area (Å²) in [5, 5.41) is 12.5. The van der Waals surface area contributed by atoms with Crippen LogP contribution in [0.15, 0.2) is 30.3 Å². The minimum absolute atomic E-state index is 0.0600. The van der Waals surface area contributed by atoms with Gasteiger partial charge in [0.25, 0.3) is 0 Å². The van der Waals surface area contributed by atoms with Crippen LogP contribution in [0.4, 0.5) is 0 Å². The van der Waals surface area contributed by atoms with Crippen LogP contribution in [0.1, 0.15) is 12.0 Å². The van der Waals surface area contributed by atoms with Crippen LogP contribution in [0.3, 0.4) is 0 Å². The molecular weight excluding hydrogens is 350 g/mol. The van der Waals surface area contributed by atoms with Crippen molar-refractivity contribution in [3.05, 3.63) is 35.9 Å². The lowest BCUT2D eigenvalue weighted by Crippen LogP contribution is -2.44. The molecule has 1 aliphatic heterocycles. The van der Waals surface area contributed by atoms with Crippen molar-refractivity contribution in [2.75, 3.05) is 19.6 Å². The molecule has 1 heterocycles. The summed E-state index contributed by atoms with van der Waals surface area (Å²) in [7, 11) is -4.67. The lowest BCUT2D eigenvalue weighted by molar-refractivity contribution is -0.120. The standard InChI is InChI=1S/C14H21N5O.H2O4S/c15-14(16)17-8-13(20)18-12-6-7-19(10-12)9-11-4-2-1-3-5-11;1-5(2,3)4/h1-5,12H,6-10H2,(H,18,20)(H4,15,16,17);(H2,1,2,3,4)/t12-;/m0./s1. The average Bonchev–Trinajstić information content (AvgIpc) is 2.91. The first-order valence-corrected chi connectivity index (χ1v) is 8.86. The molecule has 0 saturated carbocycles. The average molecular weight is 373 g/mol. The van der Waals surface area contributed by atoms with Crippen LogP contribution in [0.5, 0.6) is 0 Å². The van der Waals surface area contributed by atoms with Crippen molar-refractivity contribution in [1.82, 2.24) is 15.5 Å². The van der Waals surface area contributed by atoms with E-state index < -0.39 is 10.4 Å². The highest BCUT2D eigenvalue weighted by Gasteiger charge is 2.23. The van der Waals surface area contributed by atoms with Crippen LogP contribution in [0.2, 0.25) is 0 Å². The second-order valence-electron chi connectivity index (χ2n) is 5.49. The van der Waals surface area contributed by atoms with Crippen LogP contribution >= 0.6 is 0 Å². The molecule has 7 N–H and O–H groups in total. The molecule has 0 radical (unpaired) electrons. The molecule has 1 amide bonds. The van der Waals surface area contributed by atoms with Gasteiger partial charge in [-0.15, -0.1) is 0 Å². The maximum absolute atomic E-state index is 11.6. The van der Waals surface area contributed by atoms with E-state index in [1.54, 1.807) is 0 Å². The number of guanidine groups is 1. The smallest absolute Gasteiger partial charge is 0.370 e. The fourth-order valence-corrected chi connectivity index (χ4v) is 2.39. The number of carbonyl (C=O) groups excluding carboxylic acids is 1. The molecule has 140 valence electrons. The maximum atomic E-state index is 11.6. The van der Waals surface area contributed by atoms with E-state index in [2.05, 4.69) is 27.7 Å². The minimum atomic E-state index is -4.67. The third kappa shape index (κ3) is 11.1. The zero-order chi connectivity index (χ0) is 18.9. The van der Waals surface area contributed by atoms with Crippen molar-refractivity contribution in [2.24, 2.45) is 5.73 Å². The van der Waals surface area contributed by atoms with Crippen LogP contribution in [0, 0.1) is 5.41 Å². The molecule has 0 aliphatic carbocycles. The van der Waals surface area contributed by atoms with E-state index in [1.807, 2.05) is 18.2 Å². The molecule has 1 fully saturated rings. The summed E-state index contributed by atoms with van der Waals surface area (Å²) in [6.45, 7) is 2.82. The van der Waals surface area contributed by atoms with Gasteiger partial charge in [-0.3, -0.25) is 24.2 Å². The Morgan fingerprint density at radius 1 is 1.32 bits per heavy atom. The fourth-order valence-electron chi connectivity index (χ4n) is 2.39. The van der Waals surface area contributed by atoms with Gasteiger partial charge in [0.05, 0.1) is 6.54 Å². The van der Waals surface area contributed by atoms with Gasteiger partial charge in [0.2, 0.25) is 5.91 Å². The summed E-state index contributed by atoms with van der Waals surface area (Å²) in [5.74, 6) is -0.302. The number of nitrogens with two attached hydrogens (primary N) is 1. The third-order valence-corrected chi connectivity index (χ3v) is 3.33. The van der Waals surface area contributed by atoms with Crippen molar-refractivity contribution in [3.8, 4) is 0 Å². The summed E-state index contributed by atoms with van der Waals surface area (Å²) in [5.41, 5.74) is 6.43. The Morgan fingerprint density at radius 2 is 1.92 bits per heavy atom. The molecule has 11 heteroatoms. The molecule has 1 aliphatic rings. The Morgan fingerprint density at radius 3 is 2.48 bits per heavy atom. The van der Waals surface area contributed by atoms with Gasteiger partial charge in [-0.2, -0.15) is 8.42 Å². The number of likely N-dealkylation sites (tertiary alicyclic amines) is 1. The summed E-state index contributed by atoms with van der Waals surface area (Å²) in [6.07, 6.45) is 0.957. The van der Waals surface area contributed by atoms with Gasteiger partial charge >= 0.3 is 10.4 Å². The molecule has 0 spiro atoms. The van der Waals surface area contributed by atoms with E-state index in [1.165, 1.54) is 5.56 Å². The van der Waals surface area contributed by atoms with E-state index in [-0.39, 0.29) is 24.5 Å². The van der Waals surface area contributed by atoms with Gasteiger partial charge in [0, 0.05) is 25.7 Å². The van der Waals surface area contributed by atoms with Crippen molar-refractivity contribution in [2.45, 2.75) is 19.0 Å². The second kappa shape index (κ2) is 9.93. The predicted octanol–water partition coefficient (Wildman–Crippen LogP) is -0.793. The monoisotopic (exact) mass is 373 g/mol. The zero-order valence-electron chi connectivity index (χ0n) is 13.6. The first kappa shape index (κ1) is 20.8. The van der Waals surface area contributed by atoms with Gasteiger partial charge in [-0.05, 0) is 12.0 Å². The Labute approximate surface area is 146 Å². The number of rotatable bonds is 5. The molecule has 0 unspecified atom stereocenters. The zero-order valence-corrected chi connectivity index (χ0v) is 14.4. The molecule has 1 aromatic rings. The molecule has 1 aromatic carbocycles. The Kier molecular flexibility index (Phi) is 8.28. The molecule has 25 heavy (non-hydrogen) atoms. The number of carbonyl (C=O) groups is 1. The van der Waals surface area contributed by atoms with Gasteiger partial charge in [-0.1, -0.05) is 30.3 Å². The van der Waals surface area contributed by atoms with Gasteiger partial charge in [0.15, 0.2) is 5.96 Å². The normalized spacial score (nSPS) is 17.3. The topological polar surface area (TPSA) is 169 Å². The highest BCUT2D eigenvalue weighted by atomic mass is 32.3. The fraction of sp³-hybridized carbons (Fsp3) is 0.429. The van der Waals surface area contributed by atoms with E-state index in [0.717, 1.165) is 26.1 Å². The van der Waals surface area contributed by atoms with Crippen LogP contribution < -0.4 is 16.4 Å². The predicted molar refractivity (Wildman–Crippen MR) is 92.4 cm³/mol. The summed E-state index contributed by atoms with van der Waals surface area (Å²) in [4.78, 5) is 14.0. The maximum Gasteiger partial charge on any atom is 0.394 e. The lowest BCUT2D eigenvalue weighted by Gasteiger charge is -2.17. The van der Waals surface area contributed by atoms with Crippen LogP contribution in [0.25, 0.3) is 0 Å². The SMILES string of the molecule is N=C(N)NCC(=O)N[C@H]1CCN(Cc2ccccc2)C1.O=S(=O)(O)O. The Balaban J connectivity index is 0.000000550. The van der Waals surface area contributed by atoms with Gasteiger partial charge in [0.1, 0.15) is 0 Å². The first-order valence-electron chi connectivity index (χ1n) is 7.47. The van der Waals surface area contributed by atoms with E-state index in [9.17, 15) is 4.79 Å². The summed E-state index contributed by atoms with van der Waals surface area (Å²) >= 11 is 0. The van der Waals surface area contributed by atoms with E-state index in [4.69, 9.17) is 28.7 Å². The molecule has 0 bridgehead atoms. The largest absolute Gasteiger partial charge is 0.394 e. The van der Waals surface area contributed by atoms with Crippen molar-refractivity contribution >= 4 is 22.3 Å². The number of benzene rings is 1. The number of nitrogens with zero attached hydrogens (tertiary/aromatic N) is 1. The third-order valence-electron chi connectivity index (χ3n) is 3.33. The first-order chi connectivity index (χ1) is 11.6. The van der Waals surface area contributed by atoms with Crippen molar-refractivity contribution in [1.29, 1.82) is 5.41 Å². The number of nitrogens with one attached hydrogen (secondary N) is 3. The highest BCUT2D eigenvalue weighted by Crippen LogP contribution is 2.13. The van der Waals surface area contributed by atoms with Crippen LogP contribution in [-0.2, 0) is 21.7 Å². The number of hydrogen-bond acceptors (Lipinski definition) is 5. The molecule has 0 aromatic heterocycles. The van der Waals surface area contributed by atoms with E-state index in [0.29, 0.717) is 0 Å². The molecule has 1 atom stereocenters. The van der Waals surface area contributed by atoms with Crippen molar-refractivity contribution in [3.63, 3.8) is 0 Å². The van der Waals surface area contributed by atoms with E-state index >= 15 is 0 Å². The van der Waals surface area contributed by atoms with Crippen molar-refractivity contribution < 1.29 is 22.3 Å². The number of hydrogen-bond donors (Lipinski definition) is 6. The highest BCUT2D eigenvalue weighted by molar-refractivity contribution is 7.79. The quantitative estimate of drug-likeness (QED) is 0.221.